The van der Waals surface area contributed by atoms with E-state index >= 15 is 0 Å². The van der Waals surface area contributed by atoms with Crippen LogP contribution in [-0.4, -0.2) is 5.91 Å². The zero-order valence-electron chi connectivity index (χ0n) is 10.9. The van der Waals surface area contributed by atoms with Gasteiger partial charge in [-0.1, -0.05) is 23.7 Å². The Hall–Kier alpha value is -1.27. The molecule has 0 aromatic heterocycles. The van der Waals surface area contributed by atoms with Crippen LogP contribution in [0.25, 0.3) is 0 Å². The number of nitrogens with two attached hydrogens (primary N) is 1. The summed E-state index contributed by atoms with van der Waals surface area (Å²) < 4.78 is 0.924. The molecular formula is C15H14ClIN2O. The molecule has 0 bridgehead atoms. The Labute approximate surface area is 136 Å². The zero-order chi connectivity index (χ0) is 14.7. The van der Waals surface area contributed by atoms with E-state index in [4.69, 9.17) is 17.3 Å². The fourth-order valence-electron chi connectivity index (χ4n) is 1.79. The van der Waals surface area contributed by atoms with E-state index in [9.17, 15) is 4.79 Å². The molecule has 1 atom stereocenters. The van der Waals surface area contributed by atoms with Crippen molar-refractivity contribution in [3.8, 4) is 0 Å². The second-order valence-corrected chi connectivity index (χ2v) is 6.06. The molecule has 2 aromatic rings. The van der Waals surface area contributed by atoms with Gasteiger partial charge in [-0.15, -0.1) is 0 Å². The fraction of sp³-hybridized carbons (Fsp3) is 0.133. The van der Waals surface area contributed by atoms with E-state index in [0.717, 1.165) is 9.13 Å². The summed E-state index contributed by atoms with van der Waals surface area (Å²) >= 11 is 8.15. The molecule has 2 rings (SSSR count). The molecule has 5 heteroatoms. The maximum absolute atomic E-state index is 12.2. The monoisotopic (exact) mass is 400 g/mol. The van der Waals surface area contributed by atoms with Gasteiger partial charge in [-0.2, -0.15) is 0 Å². The van der Waals surface area contributed by atoms with Gasteiger partial charge in [0.15, 0.2) is 0 Å². The van der Waals surface area contributed by atoms with E-state index < -0.39 is 0 Å². The number of hydrogen-bond acceptors (Lipinski definition) is 2. The normalized spacial score (nSPS) is 11.9. The summed E-state index contributed by atoms with van der Waals surface area (Å²) in [6, 6.07) is 12.6. The van der Waals surface area contributed by atoms with Crippen molar-refractivity contribution in [1.29, 1.82) is 0 Å². The van der Waals surface area contributed by atoms with Gasteiger partial charge in [-0.05, 0) is 65.4 Å². The van der Waals surface area contributed by atoms with Gasteiger partial charge in [-0.3, -0.25) is 4.79 Å². The van der Waals surface area contributed by atoms with Gasteiger partial charge < -0.3 is 11.1 Å². The van der Waals surface area contributed by atoms with Crippen LogP contribution >= 0.6 is 34.2 Å². The van der Waals surface area contributed by atoms with Gasteiger partial charge in [0.1, 0.15) is 0 Å². The van der Waals surface area contributed by atoms with Crippen LogP contribution < -0.4 is 11.1 Å². The van der Waals surface area contributed by atoms with Crippen molar-refractivity contribution in [1.82, 2.24) is 5.32 Å². The molecule has 0 aliphatic carbocycles. The lowest BCUT2D eigenvalue weighted by atomic mass is 10.1. The van der Waals surface area contributed by atoms with Crippen LogP contribution in [0.1, 0.15) is 28.9 Å². The lowest BCUT2D eigenvalue weighted by molar-refractivity contribution is 0.0940. The first kappa shape index (κ1) is 15.1. The number of nitrogen functional groups attached to an aromatic ring is 1. The molecule has 3 N–H and O–H groups in total. The number of anilines is 1. The molecule has 0 heterocycles. The van der Waals surface area contributed by atoms with Crippen LogP contribution in [0, 0.1) is 3.57 Å². The molecule has 0 aliphatic heterocycles. The summed E-state index contributed by atoms with van der Waals surface area (Å²) in [5, 5.41) is 3.52. The number of rotatable bonds is 3. The summed E-state index contributed by atoms with van der Waals surface area (Å²) in [4.78, 5) is 12.2. The maximum Gasteiger partial charge on any atom is 0.251 e. The van der Waals surface area contributed by atoms with E-state index in [-0.39, 0.29) is 11.9 Å². The highest BCUT2D eigenvalue weighted by molar-refractivity contribution is 14.1. The minimum absolute atomic E-state index is 0.0962. The predicted molar refractivity (Wildman–Crippen MR) is 90.9 cm³/mol. The summed E-state index contributed by atoms with van der Waals surface area (Å²) in [7, 11) is 0. The molecule has 0 radical (unpaired) electrons. The summed E-state index contributed by atoms with van der Waals surface area (Å²) in [5.74, 6) is -0.146. The van der Waals surface area contributed by atoms with E-state index in [2.05, 4.69) is 27.9 Å². The Bertz CT molecular complexity index is 628. The van der Waals surface area contributed by atoms with E-state index in [1.165, 1.54) is 0 Å². The minimum atomic E-state index is -0.146. The van der Waals surface area contributed by atoms with Crippen molar-refractivity contribution in [3.05, 3.63) is 62.2 Å². The van der Waals surface area contributed by atoms with Gasteiger partial charge in [0.05, 0.1) is 11.1 Å². The van der Waals surface area contributed by atoms with Crippen molar-refractivity contribution in [2.75, 3.05) is 5.73 Å². The lowest BCUT2D eigenvalue weighted by Gasteiger charge is -2.15. The molecule has 1 amide bonds. The molecule has 104 valence electrons. The summed E-state index contributed by atoms with van der Waals surface area (Å²) in [5.41, 5.74) is 7.91. The number of amides is 1. The van der Waals surface area contributed by atoms with E-state index in [1.807, 2.05) is 37.3 Å². The van der Waals surface area contributed by atoms with Crippen molar-refractivity contribution in [2.45, 2.75) is 13.0 Å². The highest BCUT2D eigenvalue weighted by Gasteiger charge is 2.12. The third kappa shape index (κ3) is 3.64. The van der Waals surface area contributed by atoms with Crippen LogP contribution in [0.3, 0.4) is 0 Å². The smallest absolute Gasteiger partial charge is 0.251 e. The number of carbonyl (C=O) groups is 1. The fourth-order valence-corrected chi connectivity index (χ4v) is 2.30. The molecule has 2 aromatic carbocycles. The van der Waals surface area contributed by atoms with Crippen LogP contribution in [0.2, 0.25) is 5.02 Å². The van der Waals surface area contributed by atoms with Crippen molar-refractivity contribution < 1.29 is 4.79 Å². The first-order valence-corrected chi connectivity index (χ1v) is 7.54. The van der Waals surface area contributed by atoms with Crippen LogP contribution in [-0.2, 0) is 0 Å². The van der Waals surface area contributed by atoms with Crippen molar-refractivity contribution in [2.24, 2.45) is 0 Å². The Kier molecular flexibility index (Phi) is 4.88. The van der Waals surface area contributed by atoms with Crippen LogP contribution in [0.4, 0.5) is 5.69 Å². The highest BCUT2D eigenvalue weighted by atomic mass is 127. The molecular weight excluding hydrogens is 387 g/mol. The van der Waals surface area contributed by atoms with E-state index in [1.54, 1.807) is 12.1 Å². The maximum atomic E-state index is 12.2. The largest absolute Gasteiger partial charge is 0.399 e. The van der Waals surface area contributed by atoms with E-state index in [0.29, 0.717) is 16.3 Å². The summed E-state index contributed by atoms with van der Waals surface area (Å²) in [6.07, 6.45) is 0. The van der Waals surface area contributed by atoms with Crippen molar-refractivity contribution >= 4 is 45.8 Å². The Balaban J connectivity index is 2.10. The summed E-state index contributed by atoms with van der Waals surface area (Å²) in [6.45, 7) is 1.93. The SMILES string of the molecule is CC(NC(=O)c1ccc(I)c(Cl)c1)c1ccc(N)cc1. The van der Waals surface area contributed by atoms with Gasteiger partial charge in [0, 0.05) is 14.8 Å². The first-order valence-electron chi connectivity index (χ1n) is 6.08. The third-order valence-corrected chi connectivity index (χ3v) is 4.54. The average Bonchev–Trinajstić information content (AvgIpc) is 2.42. The third-order valence-electron chi connectivity index (χ3n) is 2.97. The van der Waals surface area contributed by atoms with Gasteiger partial charge >= 0.3 is 0 Å². The molecule has 0 saturated heterocycles. The molecule has 1 unspecified atom stereocenters. The average molecular weight is 401 g/mol. The Morgan fingerprint density at radius 2 is 1.90 bits per heavy atom. The van der Waals surface area contributed by atoms with Crippen LogP contribution in [0.5, 0.6) is 0 Å². The highest BCUT2D eigenvalue weighted by Crippen LogP contribution is 2.20. The molecule has 0 aliphatic rings. The second-order valence-electron chi connectivity index (χ2n) is 4.49. The Morgan fingerprint density at radius 1 is 1.25 bits per heavy atom. The van der Waals surface area contributed by atoms with Crippen molar-refractivity contribution in [3.63, 3.8) is 0 Å². The number of halogens is 2. The topological polar surface area (TPSA) is 55.1 Å². The quantitative estimate of drug-likeness (QED) is 0.604. The number of hydrogen-bond donors (Lipinski definition) is 2. The number of benzene rings is 2. The lowest BCUT2D eigenvalue weighted by Crippen LogP contribution is -2.26. The standard InChI is InChI=1S/C15H14ClIN2O/c1-9(10-2-5-12(18)6-3-10)19-15(20)11-4-7-14(17)13(16)8-11/h2-9H,18H2,1H3,(H,19,20). The molecule has 3 nitrogen and oxygen atoms in total. The number of nitrogens with one attached hydrogen (secondary N) is 1. The second kappa shape index (κ2) is 6.45. The predicted octanol–water partition coefficient (Wildman–Crippen LogP) is 4.02. The molecule has 0 fully saturated rings. The Morgan fingerprint density at radius 3 is 2.50 bits per heavy atom. The first-order chi connectivity index (χ1) is 9.47. The number of carbonyl (C=O) groups excluding carboxylic acids is 1. The van der Waals surface area contributed by atoms with Gasteiger partial charge in [0.2, 0.25) is 0 Å². The van der Waals surface area contributed by atoms with Gasteiger partial charge in [0.25, 0.3) is 5.91 Å². The van der Waals surface area contributed by atoms with Crippen LogP contribution in [0.15, 0.2) is 42.5 Å². The molecule has 20 heavy (non-hydrogen) atoms. The molecule has 0 saturated carbocycles. The zero-order valence-corrected chi connectivity index (χ0v) is 13.8. The molecule has 0 spiro atoms. The minimum Gasteiger partial charge on any atom is -0.399 e. The van der Waals surface area contributed by atoms with Gasteiger partial charge in [-0.25, -0.2) is 0 Å².